The summed E-state index contributed by atoms with van der Waals surface area (Å²) in [7, 11) is 0. The molecule has 0 aliphatic carbocycles. The van der Waals surface area contributed by atoms with Gasteiger partial charge in [-0.25, -0.2) is 0 Å². The number of nitrogens with zero attached hydrogens (tertiary/aromatic N) is 1. The molecule has 0 amide bonds. The summed E-state index contributed by atoms with van der Waals surface area (Å²) in [5, 5.41) is 11.0. The van der Waals surface area contributed by atoms with Gasteiger partial charge in [-0.15, -0.1) is 11.8 Å². The number of hydrogen-bond donors (Lipinski definition) is 0. The highest BCUT2D eigenvalue weighted by molar-refractivity contribution is 8.00. The minimum Gasteiger partial charge on any atom is -0.466 e. The van der Waals surface area contributed by atoms with Crippen molar-refractivity contribution in [3.05, 3.63) is 34.4 Å². The summed E-state index contributed by atoms with van der Waals surface area (Å²) in [6.45, 7) is 4.47. The van der Waals surface area contributed by atoms with Gasteiger partial charge in [-0.3, -0.25) is 14.9 Å². The smallest absolute Gasteiger partial charge is 0.305 e. The number of thioether (sulfide) groups is 1. The number of ether oxygens (including phenoxy) is 1. The lowest BCUT2D eigenvalue weighted by atomic mass is 10.2. The summed E-state index contributed by atoms with van der Waals surface area (Å²) in [4.78, 5) is 22.7. The first-order valence-electron chi connectivity index (χ1n) is 7.10. The Hall–Kier alpha value is -1.56. The van der Waals surface area contributed by atoms with Crippen molar-refractivity contribution in [2.75, 3.05) is 6.61 Å². The second kappa shape index (κ2) is 9.39. The molecule has 116 valence electrons. The average molecular weight is 311 g/mol. The van der Waals surface area contributed by atoms with Crippen LogP contribution in [-0.4, -0.2) is 22.7 Å². The van der Waals surface area contributed by atoms with Crippen molar-refractivity contribution in [2.24, 2.45) is 0 Å². The predicted octanol–water partition coefficient (Wildman–Crippen LogP) is 4.20. The molecular weight excluding hydrogens is 290 g/mol. The molecule has 0 spiro atoms. The molecule has 0 unspecified atom stereocenters. The van der Waals surface area contributed by atoms with Gasteiger partial charge >= 0.3 is 5.97 Å². The lowest BCUT2D eigenvalue weighted by molar-refractivity contribution is -0.387. The van der Waals surface area contributed by atoms with E-state index < -0.39 is 0 Å². The van der Waals surface area contributed by atoms with E-state index in [1.165, 1.54) is 17.8 Å². The largest absolute Gasteiger partial charge is 0.466 e. The molecule has 0 aliphatic rings. The molecule has 0 saturated carbocycles. The average Bonchev–Trinajstić information content (AvgIpc) is 2.46. The summed E-state index contributed by atoms with van der Waals surface area (Å²) < 4.78 is 5.09. The van der Waals surface area contributed by atoms with E-state index in [0.717, 1.165) is 12.8 Å². The van der Waals surface area contributed by atoms with Crippen molar-refractivity contribution < 1.29 is 14.5 Å². The normalized spacial score (nSPS) is 11.9. The molecular formula is C15H21NO4S. The first-order valence-corrected chi connectivity index (χ1v) is 7.98. The molecule has 0 aromatic heterocycles. The molecule has 5 nitrogen and oxygen atoms in total. The van der Waals surface area contributed by atoms with E-state index in [0.29, 0.717) is 24.3 Å². The van der Waals surface area contributed by atoms with E-state index in [2.05, 4.69) is 0 Å². The van der Waals surface area contributed by atoms with E-state index >= 15 is 0 Å². The Kier molecular flexibility index (Phi) is 7.82. The molecule has 6 heteroatoms. The van der Waals surface area contributed by atoms with Gasteiger partial charge in [0, 0.05) is 17.7 Å². The maximum Gasteiger partial charge on any atom is 0.305 e. The first-order chi connectivity index (χ1) is 10.0. The van der Waals surface area contributed by atoms with Gasteiger partial charge in [0.05, 0.1) is 16.4 Å². The number of carbonyl (C=O) groups excluding carboxylic acids is 1. The number of benzene rings is 1. The Bertz CT molecular complexity index is 478. The van der Waals surface area contributed by atoms with Crippen LogP contribution in [0.2, 0.25) is 0 Å². The minimum atomic E-state index is -0.381. The second-order valence-corrected chi connectivity index (χ2v) is 6.25. The van der Waals surface area contributed by atoms with Crippen LogP contribution < -0.4 is 0 Å². The van der Waals surface area contributed by atoms with Gasteiger partial charge < -0.3 is 4.74 Å². The number of esters is 1. The highest BCUT2D eigenvalue weighted by Crippen LogP contribution is 2.33. The van der Waals surface area contributed by atoms with E-state index in [9.17, 15) is 14.9 Å². The Balaban J connectivity index is 2.42. The summed E-state index contributed by atoms with van der Waals surface area (Å²) in [6.07, 6.45) is 2.86. The van der Waals surface area contributed by atoms with Crippen molar-refractivity contribution in [2.45, 2.75) is 49.7 Å². The first kappa shape index (κ1) is 17.5. The molecule has 0 radical (unpaired) electrons. The quantitative estimate of drug-likeness (QED) is 0.225. The Labute approximate surface area is 129 Å². The van der Waals surface area contributed by atoms with Crippen molar-refractivity contribution in [1.29, 1.82) is 0 Å². The summed E-state index contributed by atoms with van der Waals surface area (Å²) in [5.41, 5.74) is 0.111. The molecule has 0 N–H and O–H groups in total. The lowest BCUT2D eigenvalue weighted by Gasteiger charge is -2.11. The van der Waals surface area contributed by atoms with E-state index in [4.69, 9.17) is 4.74 Å². The Morgan fingerprint density at radius 3 is 2.81 bits per heavy atom. The fraction of sp³-hybridized carbons (Fsp3) is 0.533. The van der Waals surface area contributed by atoms with E-state index in [-0.39, 0.29) is 21.8 Å². The summed E-state index contributed by atoms with van der Waals surface area (Å²) >= 11 is 1.42. The molecule has 0 bridgehead atoms. The van der Waals surface area contributed by atoms with Crippen LogP contribution in [-0.2, 0) is 9.53 Å². The van der Waals surface area contributed by atoms with Crippen LogP contribution in [0.5, 0.6) is 0 Å². The number of rotatable bonds is 9. The summed E-state index contributed by atoms with van der Waals surface area (Å²) in [6, 6.07) is 6.66. The Morgan fingerprint density at radius 1 is 1.43 bits per heavy atom. The number of unbranched alkanes of at least 4 members (excludes halogenated alkanes) is 1. The zero-order valence-corrected chi connectivity index (χ0v) is 13.2. The monoisotopic (exact) mass is 311 g/mol. The summed E-state index contributed by atoms with van der Waals surface area (Å²) in [5.74, 6) is -0.196. The number of carbonyl (C=O) groups is 1. The molecule has 0 saturated heterocycles. The highest BCUT2D eigenvalue weighted by atomic mass is 32.2. The van der Waals surface area contributed by atoms with Crippen LogP contribution in [0.25, 0.3) is 0 Å². The van der Waals surface area contributed by atoms with Gasteiger partial charge in [-0.2, -0.15) is 0 Å². The van der Waals surface area contributed by atoms with Gasteiger partial charge in [-0.1, -0.05) is 32.4 Å². The van der Waals surface area contributed by atoms with Gasteiger partial charge in [0.2, 0.25) is 0 Å². The highest BCUT2D eigenvalue weighted by Gasteiger charge is 2.16. The molecule has 0 aliphatic heterocycles. The molecule has 0 heterocycles. The van der Waals surface area contributed by atoms with Crippen LogP contribution in [0.4, 0.5) is 5.69 Å². The molecule has 21 heavy (non-hydrogen) atoms. The zero-order valence-electron chi connectivity index (χ0n) is 12.4. The third kappa shape index (κ3) is 6.62. The minimum absolute atomic E-state index is 0.111. The van der Waals surface area contributed by atoms with Gasteiger partial charge in [0.15, 0.2) is 0 Å². The van der Waals surface area contributed by atoms with Crippen molar-refractivity contribution >= 4 is 23.4 Å². The van der Waals surface area contributed by atoms with Crippen molar-refractivity contribution in [1.82, 2.24) is 0 Å². The van der Waals surface area contributed by atoms with Crippen molar-refractivity contribution in [3.8, 4) is 0 Å². The Morgan fingerprint density at radius 2 is 2.14 bits per heavy atom. The number of para-hydroxylation sites is 1. The van der Waals surface area contributed by atoms with Crippen LogP contribution in [0, 0.1) is 10.1 Å². The maximum absolute atomic E-state index is 11.5. The van der Waals surface area contributed by atoms with E-state index in [1.807, 2.05) is 13.8 Å². The van der Waals surface area contributed by atoms with Crippen LogP contribution in [0.15, 0.2) is 29.2 Å². The zero-order chi connectivity index (χ0) is 15.7. The molecule has 1 aromatic rings. The topological polar surface area (TPSA) is 69.4 Å². The van der Waals surface area contributed by atoms with Gasteiger partial charge in [-0.05, 0) is 18.9 Å². The second-order valence-electron chi connectivity index (χ2n) is 4.77. The van der Waals surface area contributed by atoms with Gasteiger partial charge in [0.25, 0.3) is 5.69 Å². The molecule has 1 aromatic carbocycles. The van der Waals surface area contributed by atoms with Crippen molar-refractivity contribution in [3.63, 3.8) is 0 Å². The third-order valence-electron chi connectivity index (χ3n) is 2.91. The van der Waals surface area contributed by atoms with Gasteiger partial charge in [0.1, 0.15) is 0 Å². The SMILES string of the molecule is CCCCOC(=O)CC[C@H](C)Sc1ccccc1[N+](=O)[O-]. The number of hydrogen-bond acceptors (Lipinski definition) is 5. The third-order valence-corrected chi connectivity index (χ3v) is 4.14. The standard InChI is InChI=1S/C15H21NO4S/c1-3-4-11-20-15(17)10-9-12(2)21-14-8-6-5-7-13(14)16(18)19/h5-8,12H,3-4,9-11H2,1-2H3/t12-/m0/s1. The fourth-order valence-electron chi connectivity index (χ4n) is 1.71. The number of nitro groups is 1. The molecule has 1 rings (SSSR count). The predicted molar refractivity (Wildman–Crippen MR) is 83.5 cm³/mol. The maximum atomic E-state index is 11.5. The van der Waals surface area contributed by atoms with Crippen LogP contribution in [0.3, 0.4) is 0 Å². The molecule has 0 fully saturated rings. The fourth-order valence-corrected chi connectivity index (χ4v) is 2.80. The molecule has 1 atom stereocenters. The lowest BCUT2D eigenvalue weighted by Crippen LogP contribution is -2.08. The number of nitro benzene ring substituents is 1. The van der Waals surface area contributed by atoms with Crippen LogP contribution in [0.1, 0.15) is 39.5 Å². The van der Waals surface area contributed by atoms with E-state index in [1.54, 1.807) is 18.2 Å². The van der Waals surface area contributed by atoms with Crippen LogP contribution >= 0.6 is 11.8 Å².